The van der Waals surface area contributed by atoms with Crippen LogP contribution in [0, 0.1) is 38.6 Å². The van der Waals surface area contributed by atoms with Crippen molar-refractivity contribution in [1.29, 1.82) is 0 Å². The summed E-state index contributed by atoms with van der Waals surface area (Å²) in [6.07, 6.45) is 0. The first-order valence-electron chi connectivity index (χ1n) is 0.698. The van der Waals surface area contributed by atoms with Gasteiger partial charge in [-0.25, -0.2) is 0 Å². The molecule has 49 valence electrons. The molecule has 0 amide bonds. The summed E-state index contributed by atoms with van der Waals surface area (Å²) >= 11 is 0. The molecule has 0 aromatic heterocycles. The van der Waals surface area contributed by atoms with E-state index in [4.69, 9.17) is 17.5 Å². The Balaban J connectivity index is -0.0000000800. The van der Waals surface area contributed by atoms with Crippen molar-refractivity contribution in [2.75, 3.05) is 0 Å². The molecule has 7 heteroatoms. The van der Waals surface area contributed by atoms with Gasteiger partial charge in [0.2, 0.25) is 0 Å². The molecule has 0 aromatic carbocycles. The van der Waals surface area contributed by atoms with Gasteiger partial charge in [-0.15, -0.1) is 0 Å². The Labute approximate surface area is 71.4 Å². The van der Waals surface area contributed by atoms with Crippen LogP contribution in [-0.4, -0.2) is 23.0 Å². The molecule has 0 saturated carbocycles. The van der Waals surface area contributed by atoms with Crippen molar-refractivity contribution < 1.29 is 61.6 Å². The van der Waals surface area contributed by atoms with Crippen LogP contribution in [0.5, 0.6) is 0 Å². The first-order valence-corrected chi connectivity index (χ1v) is 2.10. The monoisotopic (exact) mass is 275 g/mol. The maximum atomic E-state index is 8.74. The van der Waals surface area contributed by atoms with Gasteiger partial charge in [0.05, 0.1) is 0 Å². The molecule has 0 aromatic rings. The molecule has 7 heavy (non-hydrogen) atoms. The second-order valence-corrected chi connectivity index (χ2v) is 1.34. The Morgan fingerprint density at radius 1 is 1.14 bits per heavy atom. The fourth-order valence-corrected chi connectivity index (χ4v) is 0. The van der Waals surface area contributed by atoms with E-state index in [9.17, 15) is 0 Å². The van der Waals surface area contributed by atoms with E-state index in [1.165, 1.54) is 0 Å². The molecular formula is H4O5STb. The van der Waals surface area contributed by atoms with E-state index in [-0.39, 0.29) is 44.1 Å². The average molecular weight is 275 g/mol. The molecule has 5 nitrogen and oxygen atoms in total. The fourth-order valence-electron chi connectivity index (χ4n) is 0. The number of hydrogen-bond acceptors (Lipinski definition) is 2. The van der Waals surface area contributed by atoms with Gasteiger partial charge >= 0.3 is 10.4 Å². The van der Waals surface area contributed by atoms with Crippen molar-refractivity contribution >= 4 is 10.4 Å². The molecule has 0 fully saturated rings. The van der Waals surface area contributed by atoms with Crippen molar-refractivity contribution in [3.05, 3.63) is 0 Å². The molecule has 0 spiro atoms. The third-order valence-electron chi connectivity index (χ3n) is 0. The Kier molecular flexibility index (Phi) is 11.8. The molecule has 0 aliphatic heterocycles. The van der Waals surface area contributed by atoms with Crippen molar-refractivity contribution in [1.82, 2.24) is 0 Å². The summed E-state index contributed by atoms with van der Waals surface area (Å²) < 4.78 is 31.6. The summed E-state index contributed by atoms with van der Waals surface area (Å²) in [6.45, 7) is 0. The van der Waals surface area contributed by atoms with Crippen LogP contribution in [0.25, 0.3) is 0 Å². The molecule has 4 N–H and O–H groups in total. The maximum Gasteiger partial charge on any atom is 0.394 e. The van der Waals surface area contributed by atoms with Crippen molar-refractivity contribution in [2.24, 2.45) is 0 Å². The van der Waals surface area contributed by atoms with E-state index in [2.05, 4.69) is 0 Å². The van der Waals surface area contributed by atoms with Crippen LogP contribution in [0.3, 0.4) is 0 Å². The van der Waals surface area contributed by atoms with Gasteiger partial charge in [0.25, 0.3) is 0 Å². The van der Waals surface area contributed by atoms with Crippen molar-refractivity contribution in [2.45, 2.75) is 0 Å². The van der Waals surface area contributed by atoms with Crippen molar-refractivity contribution in [3.8, 4) is 0 Å². The van der Waals surface area contributed by atoms with Crippen LogP contribution in [-0.2, 0) is 10.4 Å². The van der Waals surface area contributed by atoms with E-state index < -0.39 is 10.4 Å². The smallest absolute Gasteiger partial charge is 0.394 e. The molecule has 0 aliphatic rings. The summed E-state index contributed by atoms with van der Waals surface area (Å²) in [5, 5.41) is 0. The number of hydrogen-bond donors (Lipinski definition) is 2. The van der Waals surface area contributed by atoms with Crippen LogP contribution in [0.1, 0.15) is 0 Å². The quantitative estimate of drug-likeness (QED) is 0.526. The Bertz CT molecular complexity index is 91.2. The minimum atomic E-state index is -4.67. The van der Waals surface area contributed by atoms with E-state index in [1.807, 2.05) is 0 Å². The van der Waals surface area contributed by atoms with Gasteiger partial charge < -0.3 is 5.48 Å². The van der Waals surface area contributed by atoms with E-state index in [0.29, 0.717) is 0 Å². The van der Waals surface area contributed by atoms with Gasteiger partial charge in [-0.05, 0) is 0 Å². The maximum absolute atomic E-state index is 8.74. The Hall–Kier alpha value is 1.12. The van der Waals surface area contributed by atoms with E-state index in [1.54, 1.807) is 0 Å². The molecule has 0 bridgehead atoms. The van der Waals surface area contributed by atoms with Crippen LogP contribution in [0.15, 0.2) is 0 Å². The van der Waals surface area contributed by atoms with Crippen LogP contribution in [0.4, 0.5) is 0 Å². The normalized spacial score (nSPS) is 8.29. The first-order chi connectivity index (χ1) is 2.00. The molecular weight excluding hydrogens is 271 g/mol. The third kappa shape index (κ3) is 150. The zero-order valence-corrected chi connectivity index (χ0v) is 5.91. The van der Waals surface area contributed by atoms with Gasteiger partial charge in [0.15, 0.2) is 0 Å². The largest absolute Gasteiger partial charge is 0.412 e. The zero-order valence-electron chi connectivity index (χ0n) is 2.95. The summed E-state index contributed by atoms with van der Waals surface area (Å²) in [5.41, 5.74) is 0. The minimum Gasteiger partial charge on any atom is -0.412 e. The van der Waals surface area contributed by atoms with Gasteiger partial charge in [-0.1, -0.05) is 0 Å². The molecule has 0 saturated heterocycles. The average Bonchev–Trinajstić information content (AvgIpc) is 0.722. The molecule has 0 atom stereocenters. The summed E-state index contributed by atoms with van der Waals surface area (Å²) in [6, 6.07) is 0. The molecule has 1 radical (unpaired) electrons. The standard InChI is InChI=1S/H2O4S.H2O.Tb/c1-5(2,3)4;;/h(H2,1,2,3,4);1H2;. The van der Waals surface area contributed by atoms with Crippen LogP contribution >= 0.6 is 0 Å². The summed E-state index contributed by atoms with van der Waals surface area (Å²) in [4.78, 5) is 0. The third-order valence-corrected chi connectivity index (χ3v) is 0. The van der Waals surface area contributed by atoms with Gasteiger partial charge in [-0.2, -0.15) is 8.42 Å². The number of rotatable bonds is 0. The van der Waals surface area contributed by atoms with Crippen LogP contribution < -0.4 is 0 Å². The molecule has 0 rings (SSSR count). The molecule has 0 unspecified atom stereocenters. The first kappa shape index (κ1) is 15.7. The topological polar surface area (TPSA) is 106 Å². The zero-order chi connectivity index (χ0) is 4.50. The Morgan fingerprint density at radius 3 is 1.14 bits per heavy atom. The molecule has 0 heterocycles. The minimum absolute atomic E-state index is 0. The predicted octanol–water partition coefficient (Wildman–Crippen LogP) is -1.48. The second kappa shape index (κ2) is 5.26. The summed E-state index contributed by atoms with van der Waals surface area (Å²) in [5.74, 6) is 0. The van der Waals surface area contributed by atoms with Crippen LogP contribution in [0.2, 0.25) is 0 Å². The van der Waals surface area contributed by atoms with Crippen molar-refractivity contribution in [3.63, 3.8) is 0 Å². The van der Waals surface area contributed by atoms with E-state index in [0.717, 1.165) is 0 Å². The Morgan fingerprint density at radius 2 is 1.14 bits per heavy atom. The van der Waals surface area contributed by atoms with Gasteiger partial charge in [0.1, 0.15) is 0 Å². The predicted molar refractivity (Wildman–Crippen MR) is 17.8 cm³/mol. The summed E-state index contributed by atoms with van der Waals surface area (Å²) in [7, 11) is -4.67. The second-order valence-electron chi connectivity index (χ2n) is 0.448. The fraction of sp³-hybridized carbons (Fsp3) is 0. The van der Waals surface area contributed by atoms with E-state index >= 15 is 0 Å². The SMILES string of the molecule is O.O=S(=O)(O)O.[Tb]. The molecule has 0 aliphatic carbocycles. The van der Waals surface area contributed by atoms with Gasteiger partial charge in [-0.3, -0.25) is 9.11 Å². The van der Waals surface area contributed by atoms with Gasteiger partial charge in [0, 0.05) is 38.6 Å².